The highest BCUT2D eigenvalue weighted by atomic mass is 35.5. The number of hydrogen-bond donors (Lipinski definition) is 1. The van der Waals surface area contributed by atoms with E-state index in [4.69, 9.17) is 27.9 Å². The second kappa shape index (κ2) is 7.79. The Hall–Kier alpha value is -2.20. The van der Waals surface area contributed by atoms with Crippen LogP contribution in [-0.4, -0.2) is 20.6 Å². The molecule has 0 saturated heterocycles. The molecule has 0 heterocycles. The van der Waals surface area contributed by atoms with Crippen molar-refractivity contribution in [2.24, 2.45) is 0 Å². The van der Waals surface area contributed by atoms with Crippen LogP contribution in [-0.2, 0) is 15.6 Å². The quantitative estimate of drug-likeness (QED) is 0.764. The highest BCUT2D eigenvalue weighted by Gasteiger charge is 2.21. The first-order valence-electron chi connectivity index (χ1n) is 6.92. The Morgan fingerprint density at radius 1 is 1.28 bits per heavy atom. The maximum atomic E-state index is 12.5. The van der Waals surface area contributed by atoms with Crippen molar-refractivity contribution in [1.82, 2.24) is 0 Å². The van der Waals surface area contributed by atoms with Gasteiger partial charge in [-0.3, -0.25) is 0 Å². The van der Waals surface area contributed by atoms with Crippen molar-refractivity contribution in [3.63, 3.8) is 0 Å². The van der Waals surface area contributed by atoms with E-state index in [-0.39, 0.29) is 16.3 Å². The minimum atomic E-state index is -3.96. The first-order valence-corrected chi connectivity index (χ1v) is 9.33. The molecule has 0 fully saturated rings. The molecule has 0 aliphatic heterocycles. The summed E-state index contributed by atoms with van der Waals surface area (Å²) >= 11 is 11.8. The maximum absolute atomic E-state index is 12.5. The lowest BCUT2D eigenvalue weighted by Crippen LogP contribution is -2.07. The van der Waals surface area contributed by atoms with E-state index in [1.807, 2.05) is 0 Å². The predicted molar refractivity (Wildman–Crippen MR) is 97.3 cm³/mol. The van der Waals surface area contributed by atoms with Crippen LogP contribution in [0.25, 0.3) is 6.08 Å². The molecule has 2 rings (SSSR count). The van der Waals surface area contributed by atoms with E-state index in [0.717, 1.165) is 6.08 Å². The molecule has 2 aromatic carbocycles. The van der Waals surface area contributed by atoms with Crippen LogP contribution in [0.1, 0.15) is 11.1 Å². The first kappa shape index (κ1) is 19.1. The third-order valence-electron chi connectivity index (χ3n) is 3.33. The van der Waals surface area contributed by atoms with Gasteiger partial charge in [-0.2, -0.15) is 5.26 Å². The number of aromatic hydroxyl groups is 1. The van der Waals surface area contributed by atoms with Gasteiger partial charge in [0.1, 0.15) is 22.5 Å². The summed E-state index contributed by atoms with van der Waals surface area (Å²) in [4.78, 5) is -0.487. The van der Waals surface area contributed by atoms with Crippen molar-refractivity contribution in [2.45, 2.75) is 5.75 Å². The average Bonchev–Trinajstić information content (AvgIpc) is 2.56. The monoisotopic (exact) mass is 397 g/mol. The zero-order valence-electron chi connectivity index (χ0n) is 13.0. The summed E-state index contributed by atoms with van der Waals surface area (Å²) in [6.45, 7) is 0. The molecule has 0 amide bonds. The molecule has 0 bridgehead atoms. The third kappa shape index (κ3) is 4.67. The molecule has 8 heteroatoms. The fraction of sp³-hybridized carbons (Fsp3) is 0.118. The van der Waals surface area contributed by atoms with Crippen LogP contribution in [0, 0.1) is 11.3 Å². The summed E-state index contributed by atoms with van der Waals surface area (Å²) < 4.78 is 30.0. The van der Waals surface area contributed by atoms with Gasteiger partial charge in [-0.15, -0.1) is 0 Å². The summed E-state index contributed by atoms with van der Waals surface area (Å²) in [5.74, 6) is -0.255. The van der Waals surface area contributed by atoms with Crippen molar-refractivity contribution >= 4 is 39.1 Å². The van der Waals surface area contributed by atoms with Crippen LogP contribution in [0.2, 0.25) is 10.0 Å². The summed E-state index contributed by atoms with van der Waals surface area (Å²) in [6.07, 6.45) is 1.11. The van der Waals surface area contributed by atoms with E-state index >= 15 is 0 Å². The second-order valence-corrected chi connectivity index (χ2v) is 7.84. The number of rotatable bonds is 5. The van der Waals surface area contributed by atoms with Gasteiger partial charge in [0.15, 0.2) is 9.84 Å². The van der Waals surface area contributed by atoms with E-state index in [1.54, 1.807) is 12.1 Å². The Labute approximate surface area is 155 Å². The summed E-state index contributed by atoms with van der Waals surface area (Å²) in [6, 6.07) is 10.4. The van der Waals surface area contributed by atoms with Gasteiger partial charge in [0, 0.05) is 21.7 Å². The third-order valence-corrected chi connectivity index (χ3v) is 5.49. The number of sulfone groups is 1. The lowest BCUT2D eigenvalue weighted by atomic mass is 10.2. The molecule has 0 aliphatic rings. The number of allylic oxidation sites excluding steroid dienone is 1. The normalized spacial score (nSPS) is 11.8. The van der Waals surface area contributed by atoms with Gasteiger partial charge in [0.2, 0.25) is 0 Å². The summed E-state index contributed by atoms with van der Waals surface area (Å²) in [7, 11) is -2.53. The van der Waals surface area contributed by atoms with Gasteiger partial charge in [0.25, 0.3) is 0 Å². The average molecular weight is 398 g/mol. The molecule has 0 radical (unpaired) electrons. The molecule has 2 aromatic rings. The number of nitrogens with zero attached hydrogens (tertiary/aromatic N) is 1. The fourth-order valence-electron chi connectivity index (χ4n) is 2.03. The molecule has 1 N–H and O–H groups in total. The summed E-state index contributed by atoms with van der Waals surface area (Å²) in [5, 5.41) is 19.8. The van der Waals surface area contributed by atoms with E-state index in [0.29, 0.717) is 16.3 Å². The highest BCUT2D eigenvalue weighted by Crippen LogP contribution is 2.28. The highest BCUT2D eigenvalue weighted by molar-refractivity contribution is 7.95. The van der Waals surface area contributed by atoms with Crippen molar-refractivity contribution in [3.8, 4) is 17.6 Å². The topological polar surface area (TPSA) is 87.4 Å². The van der Waals surface area contributed by atoms with Gasteiger partial charge in [-0.1, -0.05) is 29.3 Å². The van der Waals surface area contributed by atoms with Gasteiger partial charge >= 0.3 is 0 Å². The van der Waals surface area contributed by atoms with Crippen molar-refractivity contribution < 1.29 is 18.3 Å². The number of phenolic OH excluding ortho intramolecular Hbond substituents is 1. The lowest BCUT2D eigenvalue weighted by molar-refractivity contribution is 0.407. The molecule has 0 aliphatic carbocycles. The number of phenols is 1. The Balaban J connectivity index is 2.40. The first-order chi connectivity index (χ1) is 11.8. The zero-order valence-corrected chi connectivity index (χ0v) is 15.4. The van der Waals surface area contributed by atoms with Crippen molar-refractivity contribution in [2.75, 3.05) is 7.11 Å². The number of ether oxygens (including phenoxy) is 1. The van der Waals surface area contributed by atoms with Crippen molar-refractivity contribution in [3.05, 3.63) is 62.5 Å². The van der Waals surface area contributed by atoms with Crippen LogP contribution in [0.15, 0.2) is 41.3 Å². The molecule has 0 atom stereocenters. The van der Waals surface area contributed by atoms with Crippen LogP contribution < -0.4 is 4.74 Å². The fourth-order valence-corrected chi connectivity index (χ4v) is 3.84. The number of nitriles is 1. The van der Waals surface area contributed by atoms with E-state index in [1.165, 1.54) is 37.4 Å². The number of hydrogen-bond acceptors (Lipinski definition) is 5. The second-order valence-electron chi connectivity index (χ2n) is 5.04. The van der Waals surface area contributed by atoms with E-state index in [2.05, 4.69) is 0 Å². The zero-order chi connectivity index (χ0) is 18.6. The molecular formula is C17H13Cl2NO4S. The molecule has 130 valence electrons. The van der Waals surface area contributed by atoms with Crippen LogP contribution in [0.4, 0.5) is 0 Å². The molecular weight excluding hydrogens is 385 g/mol. The Morgan fingerprint density at radius 2 is 2.00 bits per heavy atom. The molecule has 0 aromatic heterocycles. The lowest BCUT2D eigenvalue weighted by Gasteiger charge is -2.07. The molecule has 5 nitrogen and oxygen atoms in total. The van der Waals surface area contributed by atoms with Gasteiger partial charge < -0.3 is 9.84 Å². The predicted octanol–water partition coefficient (Wildman–Crippen LogP) is 4.19. The number of methoxy groups -OCH3 is 1. The minimum absolute atomic E-state index is 0.183. The van der Waals surface area contributed by atoms with E-state index < -0.39 is 20.5 Å². The Bertz CT molecular complexity index is 979. The van der Waals surface area contributed by atoms with Gasteiger partial charge in [0.05, 0.1) is 12.9 Å². The smallest absolute Gasteiger partial charge is 0.192 e. The number of benzene rings is 2. The van der Waals surface area contributed by atoms with Crippen LogP contribution >= 0.6 is 23.2 Å². The van der Waals surface area contributed by atoms with Gasteiger partial charge in [-0.05, 0) is 35.9 Å². The number of halogens is 2. The molecule has 0 spiro atoms. The molecule has 0 saturated carbocycles. The maximum Gasteiger partial charge on any atom is 0.192 e. The largest absolute Gasteiger partial charge is 0.507 e. The van der Waals surface area contributed by atoms with Crippen LogP contribution in [0.3, 0.4) is 0 Å². The SMILES string of the molecule is COc1ccc(/C=C(\C#N)S(=O)(=O)Cc2ccc(Cl)cc2Cl)c(O)c1. The van der Waals surface area contributed by atoms with Gasteiger partial charge in [-0.25, -0.2) is 8.42 Å². The van der Waals surface area contributed by atoms with Crippen molar-refractivity contribution in [1.29, 1.82) is 5.26 Å². The molecule has 0 unspecified atom stereocenters. The standard InChI is InChI=1S/C17H13Cl2NO4S/c1-24-14-5-3-11(17(21)8-14)6-15(9-20)25(22,23)10-12-2-4-13(18)7-16(12)19/h2-8,21H,10H2,1H3/b15-6+. The Morgan fingerprint density at radius 3 is 2.56 bits per heavy atom. The minimum Gasteiger partial charge on any atom is -0.507 e. The van der Waals surface area contributed by atoms with E-state index in [9.17, 15) is 18.8 Å². The summed E-state index contributed by atoms with van der Waals surface area (Å²) in [5.41, 5.74) is 0.509. The Kier molecular flexibility index (Phi) is 5.96. The molecule has 25 heavy (non-hydrogen) atoms. The van der Waals surface area contributed by atoms with Crippen LogP contribution in [0.5, 0.6) is 11.5 Å².